The van der Waals surface area contributed by atoms with Crippen LogP contribution >= 0.6 is 22.9 Å². The number of carbonyl (C=O) groups is 1. The average molecular weight is 408 g/mol. The lowest BCUT2D eigenvalue weighted by atomic mass is 10.2. The van der Waals surface area contributed by atoms with E-state index in [-0.39, 0.29) is 29.6 Å². The van der Waals surface area contributed by atoms with Gasteiger partial charge >= 0.3 is 0 Å². The second-order valence-electron chi connectivity index (χ2n) is 5.98. The molecule has 1 N–H and O–H groups in total. The first-order valence-electron chi connectivity index (χ1n) is 7.83. The van der Waals surface area contributed by atoms with Crippen LogP contribution in [0.15, 0.2) is 52.7 Å². The third kappa shape index (κ3) is 3.04. The average Bonchev–Trinajstić information content (AvgIpc) is 3.25. The fraction of sp³-hybridized carbons (Fsp3) is 0.176. The summed E-state index contributed by atoms with van der Waals surface area (Å²) >= 11 is 7.35. The van der Waals surface area contributed by atoms with Gasteiger partial charge in [-0.25, -0.2) is 8.42 Å². The zero-order valence-corrected chi connectivity index (χ0v) is 15.8. The van der Waals surface area contributed by atoms with Gasteiger partial charge in [-0.3, -0.25) is 9.89 Å². The van der Waals surface area contributed by atoms with E-state index in [9.17, 15) is 13.2 Å². The van der Waals surface area contributed by atoms with Crippen molar-refractivity contribution < 1.29 is 13.2 Å². The first-order chi connectivity index (χ1) is 12.4. The first kappa shape index (κ1) is 17.3. The Morgan fingerprint density at radius 1 is 1.23 bits per heavy atom. The maximum absolute atomic E-state index is 12.6. The molecule has 0 unspecified atom stereocenters. The van der Waals surface area contributed by atoms with Crippen molar-refractivity contribution in [2.24, 2.45) is 0 Å². The van der Waals surface area contributed by atoms with Gasteiger partial charge in [-0.15, -0.1) is 11.3 Å². The van der Waals surface area contributed by atoms with Gasteiger partial charge in [0, 0.05) is 18.1 Å². The van der Waals surface area contributed by atoms with Crippen LogP contribution in [-0.2, 0) is 9.84 Å². The van der Waals surface area contributed by atoms with Crippen molar-refractivity contribution in [1.29, 1.82) is 0 Å². The van der Waals surface area contributed by atoms with Crippen LogP contribution in [0, 0.1) is 0 Å². The molecule has 1 aromatic carbocycles. The molecular formula is C17H14ClN3O3S2. The monoisotopic (exact) mass is 407 g/mol. The van der Waals surface area contributed by atoms with E-state index in [0.717, 1.165) is 10.6 Å². The second-order valence-corrected chi connectivity index (χ2v) is 9.59. The van der Waals surface area contributed by atoms with Crippen LogP contribution in [0.25, 0.3) is 10.6 Å². The Balaban J connectivity index is 1.44. The third-order valence-corrected chi connectivity index (χ3v) is 7.56. The Kier molecular flexibility index (Phi) is 4.34. The molecule has 3 heterocycles. The van der Waals surface area contributed by atoms with Crippen molar-refractivity contribution >= 4 is 38.7 Å². The van der Waals surface area contributed by atoms with Crippen molar-refractivity contribution in [2.45, 2.75) is 10.1 Å². The predicted octanol–water partition coefficient (Wildman–Crippen LogP) is 3.09. The topological polar surface area (TPSA) is 83.1 Å². The summed E-state index contributed by atoms with van der Waals surface area (Å²) in [7, 11) is -3.48. The zero-order chi connectivity index (χ0) is 18.3. The maximum Gasteiger partial charge on any atom is 0.274 e. The number of nitrogens with zero attached hydrogens (tertiary/aromatic N) is 2. The van der Waals surface area contributed by atoms with E-state index in [1.165, 1.54) is 17.0 Å². The molecule has 1 amide bonds. The number of carbonyl (C=O) groups excluding carboxylic acids is 1. The van der Waals surface area contributed by atoms with E-state index in [0.29, 0.717) is 5.02 Å². The number of thiophene rings is 1. The molecule has 0 atom stereocenters. The van der Waals surface area contributed by atoms with Crippen LogP contribution in [0.5, 0.6) is 0 Å². The Morgan fingerprint density at radius 2 is 1.96 bits per heavy atom. The minimum atomic E-state index is -3.48. The largest absolute Gasteiger partial charge is 0.334 e. The molecule has 0 spiro atoms. The summed E-state index contributed by atoms with van der Waals surface area (Å²) in [5, 5.41) is 8.72. The van der Waals surface area contributed by atoms with Gasteiger partial charge in [0.2, 0.25) is 0 Å². The SMILES string of the molecule is O=C(c1cc(-c2cccs2)[nH]n1)N1CC(S(=O)(=O)c2ccc(Cl)cc2)C1. The first-order valence-corrected chi connectivity index (χ1v) is 10.6. The van der Waals surface area contributed by atoms with Crippen molar-refractivity contribution in [2.75, 3.05) is 13.1 Å². The smallest absolute Gasteiger partial charge is 0.274 e. The lowest BCUT2D eigenvalue weighted by Crippen LogP contribution is -2.56. The summed E-state index contributed by atoms with van der Waals surface area (Å²) in [4.78, 5) is 15.2. The summed E-state index contributed by atoms with van der Waals surface area (Å²) in [6.07, 6.45) is 0. The van der Waals surface area contributed by atoms with E-state index >= 15 is 0 Å². The Hall–Kier alpha value is -2.16. The number of halogens is 1. The highest BCUT2D eigenvalue weighted by Crippen LogP contribution is 2.27. The summed E-state index contributed by atoms with van der Waals surface area (Å²) in [5.74, 6) is -0.272. The number of amides is 1. The van der Waals surface area contributed by atoms with Gasteiger partial charge in [-0.1, -0.05) is 17.7 Å². The van der Waals surface area contributed by atoms with Crippen molar-refractivity contribution in [3.63, 3.8) is 0 Å². The van der Waals surface area contributed by atoms with Gasteiger partial charge in [0.15, 0.2) is 15.5 Å². The number of nitrogens with one attached hydrogen (secondary N) is 1. The number of rotatable bonds is 4. The summed E-state index contributed by atoms with van der Waals surface area (Å²) in [5.41, 5.74) is 1.06. The Bertz CT molecular complexity index is 1040. The normalized spacial score (nSPS) is 15.0. The molecule has 1 saturated heterocycles. The molecule has 0 aliphatic carbocycles. The van der Waals surface area contributed by atoms with Gasteiger partial charge < -0.3 is 4.90 Å². The fourth-order valence-electron chi connectivity index (χ4n) is 2.77. The third-order valence-electron chi connectivity index (χ3n) is 4.30. The summed E-state index contributed by atoms with van der Waals surface area (Å²) in [6.45, 7) is 0.315. The fourth-order valence-corrected chi connectivity index (χ4v) is 5.24. The lowest BCUT2D eigenvalue weighted by Gasteiger charge is -2.38. The van der Waals surface area contributed by atoms with Crippen LogP contribution < -0.4 is 0 Å². The van der Waals surface area contributed by atoms with Crippen molar-refractivity contribution in [1.82, 2.24) is 15.1 Å². The van der Waals surface area contributed by atoms with Crippen LogP contribution in [0.1, 0.15) is 10.5 Å². The number of benzene rings is 1. The van der Waals surface area contributed by atoms with E-state index in [4.69, 9.17) is 11.6 Å². The van der Waals surface area contributed by atoms with Gasteiger partial charge in [-0.05, 0) is 41.8 Å². The molecule has 9 heteroatoms. The number of H-pyrrole nitrogens is 1. The Labute approximate surface area is 159 Å². The number of sulfone groups is 1. The molecule has 0 bridgehead atoms. The molecule has 6 nitrogen and oxygen atoms in total. The van der Waals surface area contributed by atoms with Crippen molar-refractivity contribution in [3.8, 4) is 10.6 Å². The van der Waals surface area contributed by atoms with Gasteiger partial charge in [-0.2, -0.15) is 5.10 Å². The molecule has 26 heavy (non-hydrogen) atoms. The molecule has 2 aromatic heterocycles. The molecule has 4 rings (SSSR count). The van der Waals surface area contributed by atoms with E-state index in [2.05, 4.69) is 10.2 Å². The molecular weight excluding hydrogens is 394 g/mol. The number of hydrogen-bond donors (Lipinski definition) is 1. The molecule has 1 aliphatic heterocycles. The highest BCUT2D eigenvalue weighted by Gasteiger charge is 2.41. The molecule has 1 aliphatic rings. The molecule has 1 fully saturated rings. The summed E-state index contributed by atoms with van der Waals surface area (Å²) < 4.78 is 25.2. The number of hydrogen-bond acceptors (Lipinski definition) is 5. The maximum atomic E-state index is 12.6. The molecule has 0 saturated carbocycles. The highest BCUT2D eigenvalue weighted by molar-refractivity contribution is 7.92. The minimum Gasteiger partial charge on any atom is -0.334 e. The summed E-state index contributed by atoms with van der Waals surface area (Å²) in [6, 6.07) is 11.6. The van der Waals surface area contributed by atoms with Crippen LogP contribution in [-0.4, -0.2) is 47.8 Å². The number of aromatic nitrogens is 2. The standard InChI is InChI=1S/C17H14ClN3O3S2/c18-11-3-5-12(6-4-11)26(23,24)13-9-21(10-13)17(22)15-8-14(19-20-15)16-2-1-7-25-16/h1-8,13H,9-10H2,(H,19,20). The van der Waals surface area contributed by atoms with Gasteiger partial charge in [0.1, 0.15) is 5.25 Å². The van der Waals surface area contributed by atoms with E-state index < -0.39 is 15.1 Å². The Morgan fingerprint density at radius 3 is 2.62 bits per heavy atom. The number of aromatic amines is 1. The molecule has 134 valence electrons. The van der Waals surface area contributed by atoms with E-state index in [1.807, 2.05) is 17.5 Å². The minimum absolute atomic E-state index is 0.158. The van der Waals surface area contributed by atoms with Crippen LogP contribution in [0.3, 0.4) is 0 Å². The van der Waals surface area contributed by atoms with Gasteiger partial charge in [0.25, 0.3) is 5.91 Å². The van der Waals surface area contributed by atoms with Crippen LogP contribution in [0.2, 0.25) is 5.02 Å². The molecule has 0 radical (unpaired) electrons. The quantitative estimate of drug-likeness (QED) is 0.720. The lowest BCUT2D eigenvalue weighted by molar-refractivity contribution is 0.0652. The van der Waals surface area contributed by atoms with Crippen molar-refractivity contribution in [3.05, 3.63) is 58.6 Å². The zero-order valence-electron chi connectivity index (χ0n) is 13.4. The number of likely N-dealkylation sites (tertiary alicyclic amines) is 1. The van der Waals surface area contributed by atoms with Crippen LogP contribution in [0.4, 0.5) is 0 Å². The molecule has 3 aromatic rings. The highest BCUT2D eigenvalue weighted by atomic mass is 35.5. The van der Waals surface area contributed by atoms with E-state index in [1.54, 1.807) is 29.5 Å². The predicted molar refractivity (Wildman–Crippen MR) is 100 cm³/mol. The van der Waals surface area contributed by atoms with Gasteiger partial charge in [0.05, 0.1) is 15.5 Å². The second kappa shape index (κ2) is 6.53.